The first-order valence-corrected chi connectivity index (χ1v) is 8.12. The number of nitrogens with zero attached hydrogens (tertiary/aromatic N) is 1. The maximum absolute atomic E-state index is 13.0. The summed E-state index contributed by atoms with van der Waals surface area (Å²) in [5.41, 5.74) is 2.11. The van der Waals surface area contributed by atoms with E-state index >= 15 is 0 Å². The second-order valence-corrected chi connectivity index (χ2v) is 6.57. The number of aliphatic hydroxyl groups excluding tert-OH is 1. The Bertz CT molecular complexity index is 609. The Labute approximate surface area is 127 Å². The van der Waals surface area contributed by atoms with Crippen molar-refractivity contribution in [3.63, 3.8) is 0 Å². The fourth-order valence-electron chi connectivity index (χ4n) is 2.64. The predicted molar refractivity (Wildman–Crippen MR) is 82.9 cm³/mol. The molecule has 0 saturated carbocycles. The van der Waals surface area contributed by atoms with E-state index in [1.165, 1.54) is 17.0 Å². The lowest BCUT2D eigenvalue weighted by atomic mass is 9.98. The molecular formula is C16H19FN2OS. The lowest BCUT2D eigenvalue weighted by Crippen LogP contribution is -2.30. The van der Waals surface area contributed by atoms with Crippen LogP contribution in [0.2, 0.25) is 0 Å². The zero-order valence-corrected chi connectivity index (χ0v) is 12.8. The molecule has 5 heteroatoms. The zero-order valence-electron chi connectivity index (χ0n) is 12.0. The minimum Gasteiger partial charge on any atom is -0.392 e. The van der Waals surface area contributed by atoms with Crippen LogP contribution in [-0.2, 0) is 6.42 Å². The van der Waals surface area contributed by atoms with Gasteiger partial charge in [-0.3, -0.25) is 0 Å². The zero-order chi connectivity index (χ0) is 14.8. The van der Waals surface area contributed by atoms with Gasteiger partial charge in [0.2, 0.25) is 0 Å². The molecule has 3 rings (SSSR count). The Morgan fingerprint density at radius 2 is 2.19 bits per heavy atom. The molecule has 1 heterocycles. The minimum absolute atomic E-state index is 0.225. The molecule has 0 aliphatic heterocycles. The van der Waals surface area contributed by atoms with Gasteiger partial charge in [-0.1, -0.05) is 0 Å². The number of aromatic nitrogens is 1. The molecular weight excluding hydrogens is 287 g/mol. The third-order valence-corrected chi connectivity index (χ3v) is 4.96. The van der Waals surface area contributed by atoms with Gasteiger partial charge in [0.15, 0.2) is 0 Å². The molecule has 2 N–H and O–H groups in total. The number of benzene rings is 1. The van der Waals surface area contributed by atoms with E-state index in [4.69, 9.17) is 4.98 Å². The fourth-order valence-corrected chi connectivity index (χ4v) is 3.87. The molecule has 3 nitrogen and oxygen atoms in total. The van der Waals surface area contributed by atoms with E-state index in [0.29, 0.717) is 6.54 Å². The van der Waals surface area contributed by atoms with Crippen LogP contribution in [0.15, 0.2) is 24.3 Å². The van der Waals surface area contributed by atoms with Gasteiger partial charge in [0.1, 0.15) is 10.8 Å². The van der Waals surface area contributed by atoms with Gasteiger partial charge >= 0.3 is 0 Å². The molecule has 1 aromatic heterocycles. The van der Waals surface area contributed by atoms with E-state index in [9.17, 15) is 9.50 Å². The second kappa shape index (κ2) is 6.22. The number of aryl methyl sites for hydroxylation is 1. The van der Waals surface area contributed by atoms with Crippen molar-refractivity contribution < 1.29 is 9.50 Å². The maximum atomic E-state index is 13.0. The molecule has 0 amide bonds. The quantitative estimate of drug-likeness (QED) is 0.911. The van der Waals surface area contributed by atoms with Gasteiger partial charge in [0.05, 0.1) is 11.8 Å². The summed E-state index contributed by atoms with van der Waals surface area (Å²) >= 11 is 1.68. The average Bonchev–Trinajstić information content (AvgIpc) is 2.90. The Morgan fingerprint density at radius 1 is 1.43 bits per heavy atom. The lowest BCUT2D eigenvalue weighted by molar-refractivity contribution is 0.184. The van der Waals surface area contributed by atoms with Crippen LogP contribution in [0.4, 0.5) is 4.39 Å². The van der Waals surface area contributed by atoms with Crippen molar-refractivity contribution >= 4 is 11.3 Å². The molecule has 1 aromatic carbocycles. The van der Waals surface area contributed by atoms with Crippen LogP contribution < -0.4 is 5.32 Å². The van der Waals surface area contributed by atoms with Crippen molar-refractivity contribution in [2.45, 2.75) is 38.3 Å². The summed E-state index contributed by atoms with van der Waals surface area (Å²) in [6.07, 6.45) is 2.83. The highest BCUT2D eigenvalue weighted by Crippen LogP contribution is 2.37. The van der Waals surface area contributed by atoms with Gasteiger partial charge in [-0.25, -0.2) is 9.37 Å². The highest BCUT2D eigenvalue weighted by molar-refractivity contribution is 7.15. The van der Waals surface area contributed by atoms with Gasteiger partial charge in [0, 0.05) is 23.0 Å². The molecule has 0 saturated heterocycles. The minimum atomic E-state index is -0.347. The van der Waals surface area contributed by atoms with Gasteiger partial charge in [0.25, 0.3) is 0 Å². The Balaban J connectivity index is 1.85. The van der Waals surface area contributed by atoms with Crippen molar-refractivity contribution in [2.24, 2.45) is 0 Å². The highest BCUT2D eigenvalue weighted by Gasteiger charge is 2.24. The SMILES string of the molecule is CC(O)CNC1CCCc2nc(-c3ccc(F)cc3)sc21. The second-order valence-electron chi connectivity index (χ2n) is 5.54. The Morgan fingerprint density at radius 3 is 2.90 bits per heavy atom. The van der Waals surface area contributed by atoms with Crippen molar-refractivity contribution in [1.82, 2.24) is 10.3 Å². The molecule has 0 radical (unpaired) electrons. The number of aliphatic hydroxyl groups is 1. The van der Waals surface area contributed by atoms with Crippen molar-refractivity contribution in [3.8, 4) is 10.6 Å². The molecule has 112 valence electrons. The first kappa shape index (κ1) is 14.6. The van der Waals surface area contributed by atoms with E-state index < -0.39 is 0 Å². The van der Waals surface area contributed by atoms with Crippen LogP contribution in [0, 0.1) is 5.82 Å². The van der Waals surface area contributed by atoms with Crippen LogP contribution in [0.25, 0.3) is 10.6 Å². The molecule has 21 heavy (non-hydrogen) atoms. The van der Waals surface area contributed by atoms with E-state index in [-0.39, 0.29) is 18.0 Å². The summed E-state index contributed by atoms with van der Waals surface area (Å²) in [7, 11) is 0. The molecule has 0 fully saturated rings. The van der Waals surface area contributed by atoms with Crippen molar-refractivity contribution in [1.29, 1.82) is 0 Å². The van der Waals surface area contributed by atoms with Crippen molar-refractivity contribution in [3.05, 3.63) is 40.7 Å². The van der Waals surface area contributed by atoms with Crippen molar-refractivity contribution in [2.75, 3.05) is 6.54 Å². The topological polar surface area (TPSA) is 45.1 Å². The summed E-state index contributed by atoms with van der Waals surface area (Å²) in [5, 5.41) is 13.8. The number of rotatable bonds is 4. The van der Waals surface area contributed by atoms with Crippen LogP contribution in [0.5, 0.6) is 0 Å². The third-order valence-electron chi connectivity index (χ3n) is 3.70. The van der Waals surface area contributed by atoms with Crippen LogP contribution in [0.3, 0.4) is 0 Å². The van der Waals surface area contributed by atoms with Crippen LogP contribution in [-0.4, -0.2) is 22.7 Å². The first-order valence-electron chi connectivity index (χ1n) is 7.30. The van der Waals surface area contributed by atoms with E-state index in [0.717, 1.165) is 35.5 Å². The highest BCUT2D eigenvalue weighted by atomic mass is 32.1. The molecule has 0 bridgehead atoms. The average molecular weight is 306 g/mol. The van der Waals surface area contributed by atoms with Crippen LogP contribution in [0.1, 0.15) is 36.4 Å². The summed E-state index contributed by atoms with van der Waals surface area (Å²) in [6, 6.07) is 6.77. The first-order chi connectivity index (χ1) is 10.1. The fraction of sp³-hybridized carbons (Fsp3) is 0.438. The largest absolute Gasteiger partial charge is 0.392 e. The summed E-state index contributed by atoms with van der Waals surface area (Å²) in [6.45, 7) is 2.38. The van der Waals surface area contributed by atoms with E-state index in [1.54, 1.807) is 30.4 Å². The molecule has 2 unspecified atom stereocenters. The maximum Gasteiger partial charge on any atom is 0.123 e. The third kappa shape index (κ3) is 3.31. The Kier molecular flexibility index (Phi) is 4.33. The molecule has 2 aromatic rings. The molecule has 2 atom stereocenters. The number of hydrogen-bond acceptors (Lipinski definition) is 4. The van der Waals surface area contributed by atoms with E-state index in [2.05, 4.69) is 5.32 Å². The summed E-state index contributed by atoms with van der Waals surface area (Å²) in [4.78, 5) is 5.99. The Hall–Kier alpha value is -1.30. The van der Waals surface area contributed by atoms with Gasteiger partial charge in [-0.05, 0) is 50.5 Å². The number of fused-ring (bicyclic) bond motifs is 1. The predicted octanol–water partition coefficient (Wildman–Crippen LogP) is 3.30. The van der Waals surface area contributed by atoms with Crippen LogP contribution >= 0.6 is 11.3 Å². The molecule has 1 aliphatic rings. The molecule has 0 spiro atoms. The number of thiazole rings is 1. The van der Waals surface area contributed by atoms with Gasteiger partial charge in [-0.15, -0.1) is 11.3 Å². The molecule has 1 aliphatic carbocycles. The monoisotopic (exact) mass is 306 g/mol. The smallest absolute Gasteiger partial charge is 0.123 e. The standard InChI is InChI=1S/C16H19FN2OS/c1-10(20)9-18-13-3-2-4-14-15(13)21-16(19-14)11-5-7-12(17)8-6-11/h5-8,10,13,18,20H,2-4,9H2,1H3. The van der Waals surface area contributed by atoms with Gasteiger partial charge < -0.3 is 10.4 Å². The number of halogens is 1. The summed E-state index contributed by atoms with van der Waals surface area (Å²) < 4.78 is 13.0. The summed E-state index contributed by atoms with van der Waals surface area (Å²) in [5.74, 6) is -0.225. The lowest BCUT2D eigenvalue weighted by Gasteiger charge is -2.23. The normalized spacial score (nSPS) is 19.3. The van der Waals surface area contributed by atoms with Gasteiger partial charge in [-0.2, -0.15) is 0 Å². The van der Waals surface area contributed by atoms with E-state index in [1.807, 2.05) is 0 Å². The number of hydrogen-bond donors (Lipinski definition) is 2. The number of nitrogens with one attached hydrogen (secondary N) is 1.